The third kappa shape index (κ3) is 2.86. The minimum atomic E-state index is -0.760. The smallest absolute Gasteiger partial charge is 0.177 e. The maximum Gasteiger partial charge on any atom is 0.177 e. The average Bonchev–Trinajstić information content (AvgIpc) is 2.23. The van der Waals surface area contributed by atoms with Gasteiger partial charge in [-0.05, 0) is 12.1 Å². The van der Waals surface area contributed by atoms with E-state index < -0.39 is 5.82 Å². The zero-order valence-corrected chi connectivity index (χ0v) is 8.33. The number of hydrogen-bond donors (Lipinski definition) is 1. The summed E-state index contributed by atoms with van der Waals surface area (Å²) in [5.41, 5.74) is -0.139. The van der Waals surface area contributed by atoms with Crippen LogP contribution in [0.2, 0.25) is 5.02 Å². The molecule has 5 heteroatoms. The van der Waals surface area contributed by atoms with E-state index in [9.17, 15) is 9.50 Å². The molecule has 0 aliphatic carbocycles. The molecule has 0 saturated carbocycles. The van der Waals surface area contributed by atoms with Crippen LogP contribution in [0.15, 0.2) is 17.3 Å². The summed E-state index contributed by atoms with van der Waals surface area (Å²) in [6.07, 6.45) is 5.91. The molecule has 0 radical (unpaired) electrons. The molecule has 1 N–H and O–H groups in total. The van der Waals surface area contributed by atoms with Crippen molar-refractivity contribution in [2.75, 3.05) is 6.61 Å². The predicted molar refractivity (Wildman–Crippen MR) is 55.5 cm³/mol. The first kappa shape index (κ1) is 11.3. The molecule has 3 nitrogen and oxygen atoms in total. The van der Waals surface area contributed by atoms with E-state index in [1.807, 2.05) is 0 Å². The van der Waals surface area contributed by atoms with Gasteiger partial charge in [-0.2, -0.15) is 0 Å². The number of phenolic OH excluding ortho intramolecular Hbond substituents is 1. The van der Waals surface area contributed by atoms with Crippen LogP contribution in [0.1, 0.15) is 5.56 Å². The minimum Gasteiger partial charge on any atom is -0.507 e. The Bertz CT molecular complexity index is 426. The van der Waals surface area contributed by atoms with E-state index >= 15 is 0 Å². The van der Waals surface area contributed by atoms with E-state index in [-0.39, 0.29) is 22.9 Å². The molecule has 1 rings (SSSR count). The van der Waals surface area contributed by atoms with Crippen LogP contribution in [0.4, 0.5) is 4.39 Å². The number of halogens is 2. The lowest BCUT2D eigenvalue weighted by atomic mass is 10.2. The number of rotatable bonds is 3. The predicted octanol–water partition coefficient (Wildman–Crippen LogP) is 2.17. The number of terminal acetylenes is 1. The first-order valence-electron chi connectivity index (χ1n) is 3.92. The van der Waals surface area contributed by atoms with Gasteiger partial charge in [-0.3, -0.25) is 0 Å². The van der Waals surface area contributed by atoms with Crippen LogP contribution in [0, 0.1) is 18.2 Å². The SMILES string of the molecule is C#CCO/N=C/c1c(O)ccc(Cl)c1F. The number of aromatic hydroxyl groups is 1. The summed E-state index contributed by atoms with van der Waals surface area (Å²) < 4.78 is 13.3. The van der Waals surface area contributed by atoms with Gasteiger partial charge in [-0.25, -0.2) is 4.39 Å². The van der Waals surface area contributed by atoms with E-state index in [0.29, 0.717) is 0 Å². The maximum absolute atomic E-state index is 13.3. The standard InChI is InChI=1S/C10H7ClFNO2/c1-2-5-15-13-6-7-9(14)4-3-8(11)10(7)12/h1,3-4,6,14H,5H2/b13-6+. The molecule has 0 amide bonds. The summed E-state index contributed by atoms with van der Waals surface area (Å²) in [6, 6.07) is 2.50. The highest BCUT2D eigenvalue weighted by Crippen LogP contribution is 2.24. The Labute approximate surface area is 91.1 Å². The molecule has 0 saturated heterocycles. The zero-order valence-electron chi connectivity index (χ0n) is 7.58. The number of hydrogen-bond acceptors (Lipinski definition) is 3. The van der Waals surface area contributed by atoms with Gasteiger partial charge in [0.15, 0.2) is 12.4 Å². The van der Waals surface area contributed by atoms with Crippen molar-refractivity contribution in [2.45, 2.75) is 0 Å². The molecule has 0 aliphatic heterocycles. The van der Waals surface area contributed by atoms with Crippen molar-refractivity contribution < 1.29 is 14.3 Å². The number of phenols is 1. The molecule has 0 fully saturated rings. The van der Waals surface area contributed by atoms with Crippen molar-refractivity contribution in [2.24, 2.45) is 5.16 Å². The topological polar surface area (TPSA) is 41.8 Å². The second-order valence-electron chi connectivity index (χ2n) is 2.51. The third-order valence-corrected chi connectivity index (χ3v) is 1.81. The molecule has 0 aliphatic rings. The summed E-state index contributed by atoms with van der Waals surface area (Å²) in [6.45, 7) is -0.0283. The molecule has 0 bridgehead atoms. The van der Waals surface area contributed by atoms with E-state index in [0.717, 1.165) is 6.21 Å². The monoisotopic (exact) mass is 227 g/mol. The van der Waals surface area contributed by atoms with Gasteiger partial charge < -0.3 is 9.94 Å². The number of benzene rings is 1. The summed E-state index contributed by atoms with van der Waals surface area (Å²) >= 11 is 5.50. The summed E-state index contributed by atoms with van der Waals surface area (Å²) in [5, 5.41) is 12.5. The molecular formula is C10H7ClFNO2. The molecule has 78 valence electrons. The normalized spacial score (nSPS) is 10.2. The number of nitrogens with zero attached hydrogens (tertiary/aromatic N) is 1. The maximum atomic E-state index is 13.3. The molecule has 0 spiro atoms. The van der Waals surface area contributed by atoms with E-state index in [2.05, 4.69) is 15.9 Å². The fourth-order valence-corrected chi connectivity index (χ4v) is 1.01. The van der Waals surface area contributed by atoms with Crippen molar-refractivity contribution in [1.82, 2.24) is 0 Å². The van der Waals surface area contributed by atoms with Gasteiger partial charge in [0.05, 0.1) is 16.8 Å². The van der Waals surface area contributed by atoms with Crippen molar-refractivity contribution in [3.63, 3.8) is 0 Å². The van der Waals surface area contributed by atoms with Crippen molar-refractivity contribution in [1.29, 1.82) is 0 Å². The number of oxime groups is 1. The highest BCUT2D eigenvalue weighted by atomic mass is 35.5. The summed E-state index contributed by atoms with van der Waals surface area (Å²) in [5.74, 6) is 1.14. The Morgan fingerprint density at radius 1 is 1.67 bits per heavy atom. The highest BCUT2D eigenvalue weighted by molar-refractivity contribution is 6.31. The van der Waals surface area contributed by atoms with Gasteiger partial charge in [0.25, 0.3) is 0 Å². The Hall–Kier alpha value is -1.73. The molecule has 1 aromatic carbocycles. The van der Waals surface area contributed by atoms with Crippen LogP contribution in [0.25, 0.3) is 0 Å². The van der Waals surface area contributed by atoms with Crippen LogP contribution in [-0.2, 0) is 4.84 Å². The zero-order chi connectivity index (χ0) is 11.3. The third-order valence-electron chi connectivity index (χ3n) is 1.51. The average molecular weight is 228 g/mol. The lowest BCUT2D eigenvalue weighted by molar-refractivity contribution is 0.181. The molecule has 0 heterocycles. The van der Waals surface area contributed by atoms with Crippen molar-refractivity contribution in [3.05, 3.63) is 28.5 Å². The van der Waals surface area contributed by atoms with E-state index in [1.165, 1.54) is 12.1 Å². The largest absolute Gasteiger partial charge is 0.507 e. The Kier molecular flexibility index (Phi) is 3.95. The minimum absolute atomic E-state index is 0.0283. The van der Waals surface area contributed by atoms with Gasteiger partial charge in [-0.1, -0.05) is 22.7 Å². The Morgan fingerprint density at radius 2 is 2.40 bits per heavy atom. The van der Waals surface area contributed by atoms with Crippen LogP contribution in [0.3, 0.4) is 0 Å². The van der Waals surface area contributed by atoms with E-state index in [1.54, 1.807) is 0 Å². The molecule has 15 heavy (non-hydrogen) atoms. The van der Waals surface area contributed by atoms with Crippen molar-refractivity contribution in [3.8, 4) is 18.1 Å². The first-order valence-corrected chi connectivity index (χ1v) is 4.30. The lowest BCUT2D eigenvalue weighted by Crippen LogP contribution is -1.92. The highest BCUT2D eigenvalue weighted by Gasteiger charge is 2.09. The molecule has 0 atom stereocenters. The second kappa shape index (κ2) is 5.23. The lowest BCUT2D eigenvalue weighted by Gasteiger charge is -2.01. The van der Waals surface area contributed by atoms with Gasteiger partial charge in [0.2, 0.25) is 0 Å². The molecular weight excluding hydrogens is 221 g/mol. The molecule has 0 unspecified atom stereocenters. The first-order chi connectivity index (χ1) is 7.16. The van der Waals surface area contributed by atoms with Crippen LogP contribution in [0.5, 0.6) is 5.75 Å². The molecule has 1 aromatic rings. The Morgan fingerprint density at radius 3 is 3.07 bits per heavy atom. The van der Waals surface area contributed by atoms with Crippen molar-refractivity contribution >= 4 is 17.8 Å². The van der Waals surface area contributed by atoms with Crippen LogP contribution < -0.4 is 0 Å². The van der Waals surface area contributed by atoms with Gasteiger partial charge in [0, 0.05) is 0 Å². The molecule has 0 aromatic heterocycles. The van der Waals surface area contributed by atoms with Gasteiger partial charge in [0.1, 0.15) is 5.75 Å². The van der Waals surface area contributed by atoms with Gasteiger partial charge >= 0.3 is 0 Å². The fraction of sp³-hybridized carbons (Fsp3) is 0.100. The summed E-state index contributed by atoms with van der Waals surface area (Å²) in [4.78, 5) is 4.55. The van der Waals surface area contributed by atoms with Crippen LogP contribution >= 0.6 is 11.6 Å². The fourth-order valence-electron chi connectivity index (χ4n) is 0.843. The quantitative estimate of drug-likeness (QED) is 0.372. The van der Waals surface area contributed by atoms with E-state index in [4.69, 9.17) is 18.0 Å². The van der Waals surface area contributed by atoms with Gasteiger partial charge in [-0.15, -0.1) is 6.42 Å². The second-order valence-corrected chi connectivity index (χ2v) is 2.91. The van der Waals surface area contributed by atoms with Crippen LogP contribution in [-0.4, -0.2) is 17.9 Å². The Balaban J connectivity index is 2.90. The summed E-state index contributed by atoms with van der Waals surface area (Å²) in [7, 11) is 0.